The van der Waals surface area contributed by atoms with Crippen molar-refractivity contribution in [2.75, 3.05) is 13.2 Å². The Kier molecular flexibility index (Phi) is 7.16. The molecule has 1 aliphatic carbocycles. The number of amides is 2. The summed E-state index contributed by atoms with van der Waals surface area (Å²) < 4.78 is 5.31. The van der Waals surface area contributed by atoms with Crippen molar-refractivity contribution in [1.29, 1.82) is 0 Å². The highest BCUT2D eigenvalue weighted by atomic mass is 16.5. The molecule has 0 radical (unpaired) electrons. The minimum atomic E-state index is -0.664. The van der Waals surface area contributed by atoms with E-state index < -0.39 is 18.2 Å². The molecule has 2 amide bonds. The molecule has 0 spiro atoms. The molecule has 1 aliphatic heterocycles. The van der Waals surface area contributed by atoms with Gasteiger partial charge in [-0.3, -0.25) is 9.59 Å². The second kappa shape index (κ2) is 8.83. The number of Topliss-reactive ketones (excluding diaryl/α,β-unsaturated/α-hetero) is 1. The number of nitrogens with zero attached hydrogens (tertiary/aromatic N) is 1. The number of hydrogen-bond acceptors (Lipinski definition) is 4. The fraction of sp³-hybridized carbons (Fsp3) is 0.864. The largest absolute Gasteiger partial charge is 0.449 e. The maximum absolute atomic E-state index is 13.6. The summed E-state index contributed by atoms with van der Waals surface area (Å²) in [5.41, 5.74) is -0.428. The Bertz CT molecular complexity index is 593. The number of alkyl carbamates (subject to hydrolysis) is 1. The zero-order valence-electron chi connectivity index (χ0n) is 18.5. The minimum absolute atomic E-state index is 0.00820. The van der Waals surface area contributed by atoms with Crippen LogP contribution in [0.5, 0.6) is 0 Å². The van der Waals surface area contributed by atoms with Crippen LogP contribution >= 0.6 is 0 Å². The van der Waals surface area contributed by atoms with E-state index in [0.29, 0.717) is 19.6 Å². The van der Waals surface area contributed by atoms with Gasteiger partial charge in [-0.1, -0.05) is 53.9 Å². The Labute approximate surface area is 169 Å². The first-order valence-electron chi connectivity index (χ1n) is 10.7. The third-order valence-electron chi connectivity index (χ3n) is 6.22. The summed E-state index contributed by atoms with van der Waals surface area (Å²) in [7, 11) is 0. The monoisotopic (exact) mass is 394 g/mol. The average Bonchev–Trinajstić information content (AvgIpc) is 2.94. The lowest BCUT2D eigenvalue weighted by Gasteiger charge is -2.42. The van der Waals surface area contributed by atoms with Crippen LogP contribution in [0.4, 0.5) is 4.79 Å². The van der Waals surface area contributed by atoms with Crippen molar-refractivity contribution >= 4 is 17.8 Å². The van der Waals surface area contributed by atoms with E-state index in [-0.39, 0.29) is 28.4 Å². The van der Waals surface area contributed by atoms with Crippen LogP contribution in [-0.2, 0) is 14.3 Å². The molecule has 6 nitrogen and oxygen atoms in total. The van der Waals surface area contributed by atoms with Crippen molar-refractivity contribution in [3.8, 4) is 0 Å². The van der Waals surface area contributed by atoms with Gasteiger partial charge in [0.25, 0.3) is 0 Å². The van der Waals surface area contributed by atoms with Gasteiger partial charge in [0.2, 0.25) is 5.91 Å². The number of carbonyl (C=O) groups excluding carboxylic acids is 3. The van der Waals surface area contributed by atoms with E-state index in [0.717, 1.165) is 32.1 Å². The number of nitrogens with one attached hydrogen (secondary N) is 1. The number of carbonyl (C=O) groups is 3. The maximum atomic E-state index is 13.6. The molecule has 0 unspecified atom stereocenters. The quantitative estimate of drug-likeness (QED) is 0.741. The molecule has 0 aromatic rings. The lowest BCUT2D eigenvalue weighted by molar-refractivity contribution is -0.142. The highest BCUT2D eigenvalue weighted by Gasteiger charge is 2.49. The minimum Gasteiger partial charge on any atom is -0.449 e. The first kappa shape index (κ1) is 22.7. The molecule has 0 aromatic heterocycles. The van der Waals surface area contributed by atoms with Gasteiger partial charge >= 0.3 is 6.09 Å². The topological polar surface area (TPSA) is 75.7 Å². The van der Waals surface area contributed by atoms with Crippen LogP contribution in [0.2, 0.25) is 0 Å². The zero-order valence-corrected chi connectivity index (χ0v) is 18.5. The fourth-order valence-electron chi connectivity index (χ4n) is 4.61. The number of rotatable bonds is 6. The second-order valence-corrected chi connectivity index (χ2v) is 10.2. The van der Waals surface area contributed by atoms with Gasteiger partial charge in [0.1, 0.15) is 6.04 Å². The molecule has 0 aromatic carbocycles. The van der Waals surface area contributed by atoms with E-state index >= 15 is 0 Å². The molecule has 0 bridgehead atoms. The molecule has 2 aliphatic rings. The van der Waals surface area contributed by atoms with Gasteiger partial charge in [0.05, 0.1) is 12.6 Å². The van der Waals surface area contributed by atoms with Crippen molar-refractivity contribution in [2.45, 2.75) is 92.2 Å². The van der Waals surface area contributed by atoms with Gasteiger partial charge in [-0.15, -0.1) is 0 Å². The Balaban J connectivity index is 2.25. The molecule has 1 saturated carbocycles. The lowest BCUT2D eigenvalue weighted by atomic mass is 9.70. The van der Waals surface area contributed by atoms with E-state index in [2.05, 4.69) is 26.1 Å². The first-order chi connectivity index (χ1) is 12.9. The molecular formula is C22H38N2O4. The van der Waals surface area contributed by atoms with E-state index in [4.69, 9.17) is 4.74 Å². The Morgan fingerprint density at radius 2 is 1.71 bits per heavy atom. The number of ketones is 1. The third kappa shape index (κ3) is 5.48. The van der Waals surface area contributed by atoms with Gasteiger partial charge < -0.3 is 15.0 Å². The summed E-state index contributed by atoms with van der Waals surface area (Å²) in [4.78, 5) is 40.0. The highest BCUT2D eigenvalue weighted by Crippen LogP contribution is 2.42. The number of hydrogen-bond donors (Lipinski definition) is 1. The van der Waals surface area contributed by atoms with Crippen LogP contribution in [-0.4, -0.2) is 47.9 Å². The van der Waals surface area contributed by atoms with Crippen molar-refractivity contribution in [1.82, 2.24) is 10.2 Å². The van der Waals surface area contributed by atoms with E-state index in [9.17, 15) is 14.4 Å². The summed E-state index contributed by atoms with van der Waals surface area (Å²) in [5, 5.41) is 2.88. The molecule has 1 saturated heterocycles. The molecule has 1 heterocycles. The normalized spacial score (nSPS) is 24.7. The zero-order chi connectivity index (χ0) is 21.1. The second-order valence-electron chi connectivity index (χ2n) is 10.2. The van der Waals surface area contributed by atoms with Gasteiger partial charge in [-0.25, -0.2) is 4.79 Å². The highest BCUT2D eigenvalue weighted by molar-refractivity contribution is 5.92. The summed E-state index contributed by atoms with van der Waals surface area (Å²) in [5.74, 6) is 0.0946. The van der Waals surface area contributed by atoms with Crippen LogP contribution in [0.3, 0.4) is 0 Å². The van der Waals surface area contributed by atoms with Crippen molar-refractivity contribution in [2.24, 2.45) is 16.7 Å². The van der Waals surface area contributed by atoms with Gasteiger partial charge in [0.15, 0.2) is 5.78 Å². The third-order valence-corrected chi connectivity index (χ3v) is 6.22. The molecule has 160 valence electrons. The maximum Gasteiger partial charge on any atom is 0.407 e. The SMILES string of the molecule is CC(=O)[C@@H]1CC(C)(C)CN1C(=O)[C@@H](NC(=O)OCC(C)C)C1(C)CCCCC1. The van der Waals surface area contributed by atoms with Crippen molar-refractivity contribution in [3.05, 3.63) is 0 Å². The molecule has 2 fully saturated rings. The van der Waals surface area contributed by atoms with E-state index in [1.165, 1.54) is 0 Å². The summed E-state index contributed by atoms with van der Waals surface area (Å²) in [6, 6.07) is -1.08. The Morgan fingerprint density at radius 1 is 1.11 bits per heavy atom. The van der Waals surface area contributed by atoms with Crippen LogP contribution in [0.25, 0.3) is 0 Å². The number of likely N-dealkylation sites (tertiary alicyclic amines) is 1. The van der Waals surface area contributed by atoms with Crippen LogP contribution < -0.4 is 5.32 Å². The lowest BCUT2D eigenvalue weighted by Crippen LogP contribution is -2.58. The average molecular weight is 395 g/mol. The number of ether oxygens (including phenoxy) is 1. The first-order valence-corrected chi connectivity index (χ1v) is 10.7. The predicted molar refractivity (Wildman–Crippen MR) is 109 cm³/mol. The molecule has 28 heavy (non-hydrogen) atoms. The summed E-state index contributed by atoms with van der Waals surface area (Å²) in [6.45, 7) is 12.6. The Hall–Kier alpha value is -1.59. The van der Waals surface area contributed by atoms with Crippen molar-refractivity contribution in [3.63, 3.8) is 0 Å². The smallest absolute Gasteiger partial charge is 0.407 e. The molecular weight excluding hydrogens is 356 g/mol. The summed E-state index contributed by atoms with van der Waals surface area (Å²) >= 11 is 0. The summed E-state index contributed by atoms with van der Waals surface area (Å²) in [6.07, 6.45) is 5.13. The Morgan fingerprint density at radius 3 is 2.25 bits per heavy atom. The van der Waals surface area contributed by atoms with E-state index in [1.807, 2.05) is 13.8 Å². The molecule has 2 atom stereocenters. The van der Waals surface area contributed by atoms with Crippen molar-refractivity contribution < 1.29 is 19.1 Å². The standard InChI is InChI=1S/C22H38N2O4/c1-15(2)13-28-20(27)23-18(22(6)10-8-7-9-11-22)19(26)24-14-21(4,5)12-17(24)16(3)25/h15,17-18H,7-14H2,1-6H3,(H,23,27)/t17-,18+/m0/s1. The van der Waals surface area contributed by atoms with Gasteiger partial charge in [0, 0.05) is 6.54 Å². The van der Waals surface area contributed by atoms with Crippen LogP contribution in [0.1, 0.15) is 80.1 Å². The predicted octanol–water partition coefficient (Wildman–Crippen LogP) is 3.92. The fourth-order valence-corrected chi connectivity index (χ4v) is 4.61. The molecule has 2 rings (SSSR count). The molecule has 6 heteroatoms. The van der Waals surface area contributed by atoms with Gasteiger partial charge in [-0.05, 0) is 42.9 Å². The van der Waals surface area contributed by atoms with Crippen LogP contribution in [0, 0.1) is 16.7 Å². The van der Waals surface area contributed by atoms with E-state index in [1.54, 1.807) is 11.8 Å². The van der Waals surface area contributed by atoms with Gasteiger partial charge in [-0.2, -0.15) is 0 Å². The van der Waals surface area contributed by atoms with Crippen LogP contribution in [0.15, 0.2) is 0 Å². The molecule has 1 N–H and O–H groups in total.